The Balaban J connectivity index is 4.56. The molecule has 4 atom stereocenters. The second kappa shape index (κ2) is 37.9. The lowest BCUT2D eigenvalue weighted by molar-refractivity contribution is -0.870. The van der Waals surface area contributed by atoms with E-state index in [1.165, 1.54) is 51.4 Å². The minimum atomic E-state index is -4.67. The summed E-state index contributed by atoms with van der Waals surface area (Å²) in [7, 11) is 1.05. The third kappa shape index (κ3) is 39.4. The molecule has 0 spiro atoms. The van der Waals surface area contributed by atoms with Gasteiger partial charge >= 0.3 is 11.9 Å². The minimum absolute atomic E-state index is 0.0643. The van der Waals surface area contributed by atoms with Crippen molar-refractivity contribution in [3.05, 3.63) is 48.6 Å². The van der Waals surface area contributed by atoms with Gasteiger partial charge in [0, 0.05) is 12.8 Å². The topological polar surface area (TPSA) is 152 Å². The summed E-state index contributed by atoms with van der Waals surface area (Å²) in [6.07, 6.45) is 36.0. The zero-order valence-corrected chi connectivity index (χ0v) is 38.1. The fourth-order valence-electron chi connectivity index (χ4n) is 5.77. The fraction of sp³-hybridized carbons (Fsp3) is 0.783. The van der Waals surface area contributed by atoms with Crippen LogP contribution in [0.15, 0.2) is 48.6 Å². The van der Waals surface area contributed by atoms with Crippen molar-refractivity contribution in [2.45, 2.75) is 186 Å². The maximum Gasteiger partial charge on any atom is 0.306 e. The number of esters is 2. The summed E-state index contributed by atoms with van der Waals surface area (Å²) in [6, 6.07) is 0. The van der Waals surface area contributed by atoms with Crippen LogP contribution in [0.1, 0.15) is 168 Å². The molecule has 0 saturated heterocycles. The SMILES string of the molecule is CCCCC/C=C/CC(O)C(O)C/C=C\C/C=C\CCCC(=O)OC(COC(=O)CCCCCCC/C=C\CCCCCCCC)COP(=O)([O-])OCC[N+](C)(C)C. The number of allylic oxidation sites excluding steroid dienone is 6. The van der Waals surface area contributed by atoms with Crippen LogP contribution in [-0.4, -0.2) is 92.5 Å². The predicted molar refractivity (Wildman–Crippen MR) is 234 cm³/mol. The van der Waals surface area contributed by atoms with Gasteiger partial charge < -0.3 is 38.1 Å². The molecule has 58 heavy (non-hydrogen) atoms. The third-order valence-corrected chi connectivity index (χ3v) is 10.5. The first-order valence-corrected chi connectivity index (χ1v) is 24.0. The monoisotopic (exact) mass is 842 g/mol. The van der Waals surface area contributed by atoms with Gasteiger partial charge in [0.2, 0.25) is 0 Å². The first-order valence-electron chi connectivity index (χ1n) is 22.5. The Hall–Kier alpha value is -2.11. The number of ether oxygens (including phenoxy) is 2. The van der Waals surface area contributed by atoms with E-state index < -0.39 is 44.7 Å². The van der Waals surface area contributed by atoms with Gasteiger partial charge in [0.1, 0.15) is 19.8 Å². The number of hydrogen-bond donors (Lipinski definition) is 2. The lowest BCUT2D eigenvalue weighted by Crippen LogP contribution is -2.37. The van der Waals surface area contributed by atoms with Crippen LogP contribution in [0, 0.1) is 0 Å². The minimum Gasteiger partial charge on any atom is -0.756 e. The number of aliphatic hydroxyl groups is 2. The van der Waals surface area contributed by atoms with E-state index in [-0.39, 0.29) is 26.1 Å². The number of carbonyl (C=O) groups is 2. The van der Waals surface area contributed by atoms with Crippen molar-refractivity contribution < 1.29 is 52.3 Å². The number of rotatable bonds is 40. The molecule has 0 rings (SSSR count). The zero-order chi connectivity index (χ0) is 43.2. The number of phosphoric ester groups is 1. The molecule has 0 aromatic heterocycles. The molecule has 338 valence electrons. The Morgan fingerprint density at radius 2 is 1.07 bits per heavy atom. The summed E-state index contributed by atoms with van der Waals surface area (Å²) in [5, 5.41) is 20.3. The van der Waals surface area contributed by atoms with Gasteiger partial charge in [-0.2, -0.15) is 0 Å². The van der Waals surface area contributed by atoms with Crippen LogP contribution in [0.25, 0.3) is 0 Å². The van der Waals surface area contributed by atoms with E-state index in [9.17, 15) is 29.3 Å². The molecule has 4 unspecified atom stereocenters. The maximum atomic E-state index is 12.7. The van der Waals surface area contributed by atoms with E-state index in [0.717, 1.165) is 51.4 Å². The van der Waals surface area contributed by atoms with Crippen LogP contribution in [0.2, 0.25) is 0 Å². The average molecular weight is 842 g/mol. The van der Waals surface area contributed by atoms with E-state index in [1.54, 1.807) is 0 Å². The largest absolute Gasteiger partial charge is 0.756 e. The molecule has 2 N–H and O–H groups in total. The molecule has 0 aliphatic heterocycles. The number of phosphoric acid groups is 1. The summed E-state index contributed by atoms with van der Waals surface area (Å²) in [5.74, 6) is -0.983. The summed E-state index contributed by atoms with van der Waals surface area (Å²) in [5.41, 5.74) is 0. The maximum absolute atomic E-state index is 12.7. The average Bonchev–Trinajstić information content (AvgIpc) is 3.17. The number of hydrogen-bond acceptors (Lipinski definition) is 10. The lowest BCUT2D eigenvalue weighted by atomic mass is 10.1. The Bertz CT molecular complexity index is 1170. The number of unbranched alkanes of at least 4 members (excludes halogenated alkanes) is 15. The second-order valence-corrected chi connectivity index (χ2v) is 17.8. The van der Waals surface area contributed by atoms with Gasteiger partial charge in [-0.3, -0.25) is 14.2 Å². The molecule has 0 aromatic carbocycles. The number of quaternary nitrogens is 1. The molecule has 0 aliphatic carbocycles. The standard InChI is InChI=1S/C46H84NO10P/c1-6-8-10-12-14-15-16-17-18-19-20-21-24-28-32-36-45(50)54-40-42(41-56-58(52,53)55-39-38-47(3,4)5)57-46(51)37-33-29-25-22-23-27-31-35-44(49)43(48)34-30-26-13-11-9-7-2/h17-18,22,25-27,30-31,42-44,48-49H,6-16,19-21,23-24,28-29,32-41H2,1-5H3/b18-17-,25-22-,30-26+,31-27-. The number of likely N-dealkylation sites (N-methyl/N-ethyl adjacent to an activating group) is 1. The van der Waals surface area contributed by atoms with E-state index in [4.69, 9.17) is 18.5 Å². The van der Waals surface area contributed by atoms with Gasteiger partial charge in [0.05, 0.1) is 40.0 Å². The molecule has 0 heterocycles. The van der Waals surface area contributed by atoms with E-state index in [0.29, 0.717) is 49.6 Å². The Morgan fingerprint density at radius 3 is 1.69 bits per heavy atom. The zero-order valence-electron chi connectivity index (χ0n) is 37.2. The number of nitrogens with zero attached hydrogens (tertiary/aromatic N) is 1. The van der Waals surface area contributed by atoms with Crippen molar-refractivity contribution in [3.63, 3.8) is 0 Å². The summed E-state index contributed by atoms with van der Waals surface area (Å²) in [6.45, 7) is 3.94. The Kier molecular flexibility index (Phi) is 36.5. The van der Waals surface area contributed by atoms with Crippen LogP contribution >= 0.6 is 7.82 Å². The molecule has 12 heteroatoms. The van der Waals surface area contributed by atoms with E-state index in [1.807, 2.05) is 51.5 Å². The van der Waals surface area contributed by atoms with Gasteiger partial charge in [0.25, 0.3) is 7.82 Å². The molecule has 0 amide bonds. The van der Waals surface area contributed by atoms with Crippen molar-refractivity contribution >= 4 is 19.8 Å². The lowest BCUT2D eigenvalue weighted by Gasteiger charge is -2.28. The number of carbonyl (C=O) groups excluding carboxylic acids is 2. The predicted octanol–water partition coefficient (Wildman–Crippen LogP) is 10.00. The van der Waals surface area contributed by atoms with E-state index in [2.05, 4.69) is 32.1 Å². The molecule has 0 saturated carbocycles. The van der Waals surface area contributed by atoms with E-state index >= 15 is 0 Å². The van der Waals surface area contributed by atoms with Crippen molar-refractivity contribution in [3.8, 4) is 0 Å². The first-order chi connectivity index (χ1) is 27.8. The smallest absolute Gasteiger partial charge is 0.306 e. The fourth-order valence-corrected chi connectivity index (χ4v) is 6.49. The van der Waals surface area contributed by atoms with Gasteiger partial charge in [-0.15, -0.1) is 0 Å². The summed E-state index contributed by atoms with van der Waals surface area (Å²) in [4.78, 5) is 37.5. The third-order valence-electron chi connectivity index (χ3n) is 9.50. The normalized spacial score (nSPS) is 15.1. The van der Waals surface area contributed by atoms with Crippen molar-refractivity contribution in [2.24, 2.45) is 0 Å². The van der Waals surface area contributed by atoms with Crippen molar-refractivity contribution in [1.82, 2.24) is 0 Å². The first kappa shape index (κ1) is 55.9. The van der Waals surface area contributed by atoms with Crippen LogP contribution in [0.5, 0.6) is 0 Å². The quantitative estimate of drug-likeness (QED) is 0.0201. The highest BCUT2D eigenvalue weighted by molar-refractivity contribution is 7.45. The van der Waals surface area contributed by atoms with Crippen LogP contribution < -0.4 is 4.89 Å². The van der Waals surface area contributed by atoms with Gasteiger partial charge in [-0.1, -0.05) is 127 Å². The summed E-state index contributed by atoms with van der Waals surface area (Å²) >= 11 is 0. The molecular formula is C46H84NO10P. The molecule has 0 aliphatic rings. The highest BCUT2D eigenvalue weighted by Gasteiger charge is 2.21. The molecule has 0 radical (unpaired) electrons. The molecule has 11 nitrogen and oxygen atoms in total. The Labute approximate surface area is 353 Å². The molecular weight excluding hydrogens is 757 g/mol. The van der Waals surface area contributed by atoms with Gasteiger partial charge in [-0.25, -0.2) is 0 Å². The molecule has 0 bridgehead atoms. The van der Waals surface area contributed by atoms with Crippen LogP contribution in [0.3, 0.4) is 0 Å². The summed E-state index contributed by atoms with van der Waals surface area (Å²) < 4.78 is 33.7. The highest BCUT2D eigenvalue weighted by Crippen LogP contribution is 2.38. The van der Waals surface area contributed by atoms with Gasteiger partial charge in [-0.05, 0) is 77.0 Å². The van der Waals surface area contributed by atoms with Gasteiger partial charge in [0.15, 0.2) is 6.10 Å². The van der Waals surface area contributed by atoms with Crippen LogP contribution in [0.4, 0.5) is 0 Å². The highest BCUT2D eigenvalue weighted by atomic mass is 31.2. The second-order valence-electron chi connectivity index (χ2n) is 16.4. The number of aliphatic hydroxyl groups excluding tert-OH is 2. The Morgan fingerprint density at radius 1 is 0.603 bits per heavy atom. The van der Waals surface area contributed by atoms with Crippen molar-refractivity contribution in [1.29, 1.82) is 0 Å². The molecule has 0 fully saturated rings. The van der Waals surface area contributed by atoms with Crippen LogP contribution in [-0.2, 0) is 32.7 Å². The van der Waals surface area contributed by atoms with Crippen molar-refractivity contribution in [2.75, 3.05) is 47.5 Å². The molecule has 0 aromatic rings.